The van der Waals surface area contributed by atoms with Crippen LogP contribution in [0.15, 0.2) is 24.7 Å². The van der Waals surface area contributed by atoms with Crippen molar-refractivity contribution >= 4 is 0 Å². The number of nitrogens with two attached hydrogens (primary N) is 1. The average molecular weight is 237 g/mol. The quantitative estimate of drug-likeness (QED) is 0.872. The molecular weight excluding hydrogens is 224 g/mol. The van der Waals surface area contributed by atoms with Gasteiger partial charge in [-0.25, -0.2) is 13.8 Å². The summed E-state index contributed by atoms with van der Waals surface area (Å²) >= 11 is 0. The fraction of sp³-hybridized carbons (Fsp3) is 0.250. The molecule has 0 aliphatic carbocycles. The molecule has 0 radical (unpaired) electrons. The first-order valence-corrected chi connectivity index (χ1v) is 5.24. The van der Waals surface area contributed by atoms with Crippen LogP contribution in [0.3, 0.4) is 0 Å². The summed E-state index contributed by atoms with van der Waals surface area (Å²) in [5.74, 6) is -0.950. The van der Waals surface area contributed by atoms with Crippen LogP contribution in [-0.2, 0) is 0 Å². The van der Waals surface area contributed by atoms with Gasteiger partial charge in [-0.05, 0) is 25.5 Å². The Kier molecular flexibility index (Phi) is 2.93. The van der Waals surface area contributed by atoms with Crippen molar-refractivity contribution < 1.29 is 8.78 Å². The molecule has 1 aromatic carbocycles. The van der Waals surface area contributed by atoms with Gasteiger partial charge in [0.05, 0.1) is 23.9 Å². The number of hydrogen-bond donors (Lipinski definition) is 1. The fourth-order valence-corrected chi connectivity index (χ4v) is 1.66. The topological polar surface area (TPSA) is 43.8 Å². The Hall–Kier alpha value is -1.75. The number of aryl methyl sites for hydroxylation is 1. The van der Waals surface area contributed by atoms with E-state index in [4.69, 9.17) is 5.73 Å². The molecule has 0 aliphatic rings. The molecule has 5 heteroatoms. The molecule has 0 fully saturated rings. The van der Waals surface area contributed by atoms with Crippen LogP contribution >= 0.6 is 0 Å². The van der Waals surface area contributed by atoms with Gasteiger partial charge >= 0.3 is 0 Å². The van der Waals surface area contributed by atoms with Gasteiger partial charge in [0.2, 0.25) is 0 Å². The van der Waals surface area contributed by atoms with Crippen LogP contribution in [-0.4, -0.2) is 9.55 Å². The third-order valence-corrected chi connectivity index (χ3v) is 2.62. The highest BCUT2D eigenvalue weighted by Crippen LogP contribution is 2.21. The molecule has 17 heavy (non-hydrogen) atoms. The van der Waals surface area contributed by atoms with Gasteiger partial charge in [0.15, 0.2) is 0 Å². The molecule has 0 amide bonds. The summed E-state index contributed by atoms with van der Waals surface area (Å²) in [7, 11) is 0. The number of halogens is 2. The molecule has 2 rings (SSSR count). The first-order valence-electron chi connectivity index (χ1n) is 5.24. The van der Waals surface area contributed by atoms with Crippen molar-refractivity contribution in [2.75, 3.05) is 0 Å². The summed E-state index contributed by atoms with van der Waals surface area (Å²) in [6, 6.07) is 2.01. The van der Waals surface area contributed by atoms with Crippen LogP contribution in [0, 0.1) is 18.6 Å². The lowest BCUT2D eigenvalue weighted by Gasteiger charge is -2.12. The highest BCUT2D eigenvalue weighted by molar-refractivity contribution is 5.39. The van der Waals surface area contributed by atoms with Crippen molar-refractivity contribution in [2.24, 2.45) is 5.73 Å². The lowest BCUT2D eigenvalue weighted by Crippen LogP contribution is -2.11. The third-order valence-electron chi connectivity index (χ3n) is 2.62. The molecule has 2 N–H and O–H groups in total. The van der Waals surface area contributed by atoms with E-state index >= 15 is 0 Å². The zero-order chi connectivity index (χ0) is 12.6. The minimum atomic E-state index is -0.496. The largest absolute Gasteiger partial charge is 0.323 e. The predicted octanol–water partition coefficient (Wildman–Crippen LogP) is 2.48. The van der Waals surface area contributed by atoms with Crippen LogP contribution in [0.4, 0.5) is 8.78 Å². The van der Waals surface area contributed by atoms with Gasteiger partial charge < -0.3 is 5.73 Å². The smallest absolute Gasteiger partial charge is 0.147 e. The van der Waals surface area contributed by atoms with E-state index in [1.54, 1.807) is 13.1 Å². The molecule has 0 spiro atoms. The van der Waals surface area contributed by atoms with E-state index < -0.39 is 11.6 Å². The minimum Gasteiger partial charge on any atom is -0.323 e. The molecule has 0 saturated carbocycles. The Morgan fingerprint density at radius 2 is 2.00 bits per heavy atom. The van der Waals surface area contributed by atoms with E-state index in [0.717, 1.165) is 12.1 Å². The molecule has 0 unspecified atom stereocenters. The number of imidazole rings is 1. The minimum absolute atomic E-state index is 0.123. The summed E-state index contributed by atoms with van der Waals surface area (Å²) in [6.45, 7) is 3.28. The molecule has 1 heterocycles. The number of nitrogens with zero attached hydrogens (tertiary/aromatic N) is 2. The first-order chi connectivity index (χ1) is 8.00. The Bertz CT molecular complexity index is 547. The summed E-state index contributed by atoms with van der Waals surface area (Å²) in [5.41, 5.74) is 6.76. The second kappa shape index (κ2) is 4.25. The average Bonchev–Trinajstić information content (AvgIpc) is 2.72. The Morgan fingerprint density at radius 1 is 1.29 bits per heavy atom. The molecule has 0 aliphatic heterocycles. The zero-order valence-electron chi connectivity index (χ0n) is 9.61. The van der Waals surface area contributed by atoms with E-state index in [2.05, 4.69) is 4.98 Å². The van der Waals surface area contributed by atoms with Crippen LogP contribution in [0.5, 0.6) is 0 Å². The summed E-state index contributed by atoms with van der Waals surface area (Å²) in [4.78, 5) is 3.91. The maximum atomic E-state index is 13.8. The number of benzene rings is 1. The van der Waals surface area contributed by atoms with Crippen molar-refractivity contribution in [1.82, 2.24) is 9.55 Å². The maximum Gasteiger partial charge on any atom is 0.147 e. The fourth-order valence-electron chi connectivity index (χ4n) is 1.66. The SMILES string of the molecule is Cc1cc(F)c(-n2cncc2[C@@H](C)N)cc1F. The molecular formula is C12H13F2N3. The number of hydrogen-bond acceptors (Lipinski definition) is 2. The van der Waals surface area contributed by atoms with Crippen molar-refractivity contribution in [2.45, 2.75) is 19.9 Å². The molecule has 0 bridgehead atoms. The van der Waals surface area contributed by atoms with Crippen molar-refractivity contribution in [3.63, 3.8) is 0 Å². The van der Waals surface area contributed by atoms with Crippen molar-refractivity contribution in [3.05, 3.63) is 47.5 Å². The normalized spacial score (nSPS) is 12.8. The second-order valence-corrected chi connectivity index (χ2v) is 4.03. The van der Waals surface area contributed by atoms with Crippen molar-refractivity contribution in [3.8, 4) is 5.69 Å². The van der Waals surface area contributed by atoms with E-state index in [1.165, 1.54) is 17.8 Å². The Morgan fingerprint density at radius 3 is 2.65 bits per heavy atom. The summed E-state index contributed by atoms with van der Waals surface area (Å²) in [5, 5.41) is 0. The maximum absolute atomic E-state index is 13.8. The zero-order valence-corrected chi connectivity index (χ0v) is 9.61. The van der Waals surface area contributed by atoms with Gasteiger partial charge in [0, 0.05) is 12.1 Å². The van der Waals surface area contributed by atoms with E-state index in [-0.39, 0.29) is 17.3 Å². The summed E-state index contributed by atoms with van der Waals surface area (Å²) < 4.78 is 28.7. The molecule has 1 aromatic heterocycles. The monoisotopic (exact) mass is 237 g/mol. The molecule has 2 aromatic rings. The Labute approximate surface area is 97.9 Å². The second-order valence-electron chi connectivity index (χ2n) is 4.03. The van der Waals surface area contributed by atoms with Crippen LogP contribution in [0.1, 0.15) is 24.2 Å². The lowest BCUT2D eigenvalue weighted by molar-refractivity contribution is 0.582. The van der Waals surface area contributed by atoms with E-state index in [9.17, 15) is 8.78 Å². The number of rotatable bonds is 2. The van der Waals surface area contributed by atoms with Gasteiger partial charge in [-0.3, -0.25) is 4.57 Å². The highest BCUT2D eigenvalue weighted by Gasteiger charge is 2.14. The molecule has 1 atom stereocenters. The van der Waals surface area contributed by atoms with Crippen LogP contribution in [0.2, 0.25) is 0 Å². The lowest BCUT2D eigenvalue weighted by atomic mass is 10.2. The standard InChI is InChI=1S/C12H13F2N3/c1-7-3-10(14)11(4-9(7)13)17-6-16-5-12(17)8(2)15/h3-6,8H,15H2,1-2H3/t8-/m1/s1. The molecule has 0 saturated heterocycles. The van der Waals surface area contributed by atoms with Crippen LogP contribution < -0.4 is 5.73 Å². The molecule has 3 nitrogen and oxygen atoms in total. The molecule has 90 valence electrons. The van der Waals surface area contributed by atoms with Gasteiger partial charge in [-0.1, -0.05) is 0 Å². The van der Waals surface area contributed by atoms with Gasteiger partial charge in [-0.15, -0.1) is 0 Å². The van der Waals surface area contributed by atoms with Gasteiger partial charge in [0.1, 0.15) is 11.6 Å². The third kappa shape index (κ3) is 2.06. The highest BCUT2D eigenvalue weighted by atomic mass is 19.1. The van der Waals surface area contributed by atoms with Crippen molar-refractivity contribution in [1.29, 1.82) is 0 Å². The predicted molar refractivity (Wildman–Crippen MR) is 60.8 cm³/mol. The first kappa shape index (κ1) is 11.7. The van der Waals surface area contributed by atoms with Gasteiger partial charge in [-0.2, -0.15) is 0 Å². The van der Waals surface area contributed by atoms with E-state index in [1.807, 2.05) is 0 Å². The van der Waals surface area contributed by atoms with E-state index in [0.29, 0.717) is 5.69 Å². The van der Waals surface area contributed by atoms with Crippen LogP contribution in [0.25, 0.3) is 5.69 Å². The number of aromatic nitrogens is 2. The Balaban J connectivity index is 2.60. The van der Waals surface area contributed by atoms with Gasteiger partial charge in [0.25, 0.3) is 0 Å². The summed E-state index contributed by atoms with van der Waals surface area (Å²) in [6.07, 6.45) is 2.97.